The van der Waals surface area contributed by atoms with Crippen molar-refractivity contribution in [1.82, 2.24) is 5.32 Å². The van der Waals surface area contributed by atoms with Gasteiger partial charge in [0.15, 0.2) is 5.96 Å². The van der Waals surface area contributed by atoms with E-state index >= 15 is 0 Å². The Bertz CT molecular complexity index is 528. The van der Waals surface area contributed by atoms with Gasteiger partial charge in [-0.05, 0) is 31.9 Å². The van der Waals surface area contributed by atoms with E-state index in [4.69, 9.17) is 19.9 Å². The summed E-state index contributed by atoms with van der Waals surface area (Å²) in [4.78, 5) is 4.41. The van der Waals surface area contributed by atoms with Gasteiger partial charge in [-0.15, -0.1) is 0 Å². The minimum absolute atomic E-state index is 0.128. The zero-order chi connectivity index (χ0) is 17.2. The largest absolute Gasteiger partial charge is 0.488 e. The Kier molecular flexibility index (Phi) is 7.85. The third-order valence-corrected chi connectivity index (χ3v) is 3.80. The minimum Gasteiger partial charge on any atom is -0.488 e. The van der Waals surface area contributed by atoms with E-state index in [1.165, 1.54) is 5.56 Å². The fourth-order valence-corrected chi connectivity index (χ4v) is 2.45. The smallest absolute Gasteiger partial charge is 0.188 e. The van der Waals surface area contributed by atoms with Gasteiger partial charge in [-0.1, -0.05) is 12.1 Å². The molecule has 0 spiro atoms. The summed E-state index contributed by atoms with van der Waals surface area (Å²) in [6.45, 7) is 8.19. The molecule has 2 rings (SSSR count). The maximum Gasteiger partial charge on any atom is 0.188 e. The fraction of sp³-hybridized carbons (Fsp3) is 0.611. The van der Waals surface area contributed by atoms with Crippen molar-refractivity contribution < 1.29 is 14.2 Å². The average molecular weight is 335 g/mol. The van der Waals surface area contributed by atoms with Crippen molar-refractivity contribution in [3.8, 4) is 5.75 Å². The van der Waals surface area contributed by atoms with Gasteiger partial charge >= 0.3 is 0 Å². The van der Waals surface area contributed by atoms with E-state index in [-0.39, 0.29) is 6.10 Å². The standard InChI is InChI=1S/C18H29N3O3/c1-3-22-9-4-8-20-18(19)21-12-15-6-5-14(2)11-17(15)24-16-7-10-23-13-16/h5-6,11,16H,3-4,7-10,12-13H2,1-2H3,(H3,19,20,21). The third-order valence-electron chi connectivity index (χ3n) is 3.80. The molecule has 1 aliphatic heterocycles. The monoisotopic (exact) mass is 335 g/mol. The Hall–Kier alpha value is -1.79. The van der Waals surface area contributed by atoms with Gasteiger partial charge in [-0.3, -0.25) is 0 Å². The second kappa shape index (κ2) is 10.2. The van der Waals surface area contributed by atoms with Crippen LogP contribution in [0.4, 0.5) is 0 Å². The molecular weight excluding hydrogens is 306 g/mol. The van der Waals surface area contributed by atoms with Crippen LogP contribution in [0.5, 0.6) is 5.75 Å². The van der Waals surface area contributed by atoms with Gasteiger partial charge in [0.25, 0.3) is 0 Å². The normalized spacial score (nSPS) is 17.9. The number of guanidine groups is 1. The highest BCUT2D eigenvalue weighted by atomic mass is 16.5. The maximum atomic E-state index is 6.07. The van der Waals surface area contributed by atoms with Crippen molar-refractivity contribution >= 4 is 5.96 Å². The average Bonchev–Trinajstić information content (AvgIpc) is 3.07. The first-order valence-electron chi connectivity index (χ1n) is 8.64. The summed E-state index contributed by atoms with van der Waals surface area (Å²) in [5.74, 6) is 1.32. The van der Waals surface area contributed by atoms with Gasteiger partial charge in [-0.25, -0.2) is 4.99 Å². The zero-order valence-corrected chi connectivity index (χ0v) is 14.7. The van der Waals surface area contributed by atoms with Crippen molar-refractivity contribution in [1.29, 1.82) is 0 Å². The molecule has 1 aliphatic rings. The molecule has 0 radical (unpaired) electrons. The molecule has 1 aromatic rings. The lowest BCUT2D eigenvalue weighted by molar-refractivity contribution is 0.140. The first-order valence-corrected chi connectivity index (χ1v) is 8.64. The number of rotatable bonds is 9. The number of nitrogens with two attached hydrogens (primary N) is 1. The Morgan fingerprint density at radius 1 is 1.46 bits per heavy atom. The first kappa shape index (κ1) is 18.5. The molecule has 0 saturated carbocycles. The summed E-state index contributed by atoms with van der Waals surface area (Å²) in [5.41, 5.74) is 8.12. The highest BCUT2D eigenvalue weighted by Gasteiger charge is 2.18. The molecule has 1 fully saturated rings. The molecule has 0 aliphatic carbocycles. The second-order valence-electron chi connectivity index (χ2n) is 5.89. The number of hydrogen-bond donors (Lipinski definition) is 2. The summed E-state index contributed by atoms with van der Waals surface area (Å²) >= 11 is 0. The molecule has 1 aromatic carbocycles. The Balaban J connectivity index is 1.87. The van der Waals surface area contributed by atoms with Crippen LogP contribution in [-0.2, 0) is 16.0 Å². The van der Waals surface area contributed by atoms with Crippen LogP contribution in [0, 0.1) is 6.92 Å². The van der Waals surface area contributed by atoms with E-state index in [9.17, 15) is 0 Å². The molecule has 6 nitrogen and oxygen atoms in total. The van der Waals surface area contributed by atoms with E-state index < -0.39 is 0 Å². The van der Waals surface area contributed by atoms with Crippen LogP contribution in [0.15, 0.2) is 23.2 Å². The first-order chi connectivity index (χ1) is 11.7. The zero-order valence-electron chi connectivity index (χ0n) is 14.7. The van der Waals surface area contributed by atoms with Gasteiger partial charge in [0.2, 0.25) is 0 Å². The molecule has 1 heterocycles. The molecule has 134 valence electrons. The van der Waals surface area contributed by atoms with Crippen molar-refractivity contribution in [3.63, 3.8) is 0 Å². The number of nitrogens with one attached hydrogen (secondary N) is 1. The summed E-state index contributed by atoms with van der Waals surface area (Å²) in [5, 5.41) is 3.10. The molecule has 0 aromatic heterocycles. The number of aryl methyl sites for hydroxylation is 1. The van der Waals surface area contributed by atoms with Crippen molar-refractivity contribution in [2.45, 2.75) is 39.3 Å². The molecule has 24 heavy (non-hydrogen) atoms. The van der Waals surface area contributed by atoms with Crippen LogP contribution in [0.25, 0.3) is 0 Å². The van der Waals surface area contributed by atoms with E-state index in [0.29, 0.717) is 19.1 Å². The number of benzene rings is 1. The topological polar surface area (TPSA) is 78.1 Å². The molecule has 1 unspecified atom stereocenters. The Morgan fingerprint density at radius 2 is 2.33 bits per heavy atom. The van der Waals surface area contributed by atoms with Crippen LogP contribution >= 0.6 is 0 Å². The number of hydrogen-bond acceptors (Lipinski definition) is 4. The highest BCUT2D eigenvalue weighted by molar-refractivity contribution is 5.77. The molecule has 0 bridgehead atoms. The summed E-state index contributed by atoms with van der Waals surface area (Å²) in [6, 6.07) is 6.16. The Labute approximate surface area is 144 Å². The predicted molar refractivity (Wildman–Crippen MR) is 95.5 cm³/mol. The van der Waals surface area contributed by atoms with Gasteiger partial charge in [0.05, 0.1) is 19.8 Å². The van der Waals surface area contributed by atoms with E-state index in [1.807, 2.05) is 13.0 Å². The third kappa shape index (κ3) is 6.37. The molecule has 0 amide bonds. The van der Waals surface area contributed by atoms with Crippen molar-refractivity contribution in [2.24, 2.45) is 10.7 Å². The molecule has 1 atom stereocenters. The van der Waals surface area contributed by atoms with Crippen LogP contribution in [0.2, 0.25) is 0 Å². The lowest BCUT2D eigenvalue weighted by Gasteiger charge is -2.16. The number of ether oxygens (including phenoxy) is 3. The van der Waals surface area contributed by atoms with E-state index in [1.54, 1.807) is 0 Å². The summed E-state index contributed by atoms with van der Waals surface area (Å²) in [6.07, 6.45) is 1.97. The van der Waals surface area contributed by atoms with Gasteiger partial charge < -0.3 is 25.3 Å². The van der Waals surface area contributed by atoms with Crippen molar-refractivity contribution in [3.05, 3.63) is 29.3 Å². The van der Waals surface area contributed by atoms with Crippen LogP contribution in [0.1, 0.15) is 30.9 Å². The van der Waals surface area contributed by atoms with E-state index in [0.717, 1.165) is 50.5 Å². The van der Waals surface area contributed by atoms with Crippen LogP contribution < -0.4 is 15.8 Å². The van der Waals surface area contributed by atoms with Gasteiger partial charge in [0, 0.05) is 31.7 Å². The fourth-order valence-electron chi connectivity index (χ4n) is 2.45. The maximum absolute atomic E-state index is 6.07. The molecule has 1 saturated heterocycles. The molecular formula is C18H29N3O3. The molecule has 6 heteroatoms. The van der Waals surface area contributed by atoms with E-state index in [2.05, 4.69) is 29.4 Å². The van der Waals surface area contributed by atoms with Crippen LogP contribution in [-0.4, -0.2) is 45.0 Å². The van der Waals surface area contributed by atoms with Gasteiger partial charge in [-0.2, -0.15) is 0 Å². The highest BCUT2D eigenvalue weighted by Crippen LogP contribution is 2.24. The van der Waals surface area contributed by atoms with Gasteiger partial charge in [0.1, 0.15) is 11.9 Å². The van der Waals surface area contributed by atoms with Crippen molar-refractivity contribution in [2.75, 3.05) is 33.0 Å². The lowest BCUT2D eigenvalue weighted by Crippen LogP contribution is -2.32. The SMILES string of the molecule is CCOCCCNC(N)=NCc1ccc(C)cc1OC1CCOC1. The number of aliphatic imine (C=N–C) groups is 1. The quantitative estimate of drug-likeness (QED) is 0.410. The summed E-state index contributed by atoms with van der Waals surface area (Å²) in [7, 11) is 0. The minimum atomic E-state index is 0.128. The molecule has 3 N–H and O–H groups in total. The predicted octanol–water partition coefficient (Wildman–Crippen LogP) is 1.99. The lowest BCUT2D eigenvalue weighted by atomic mass is 10.1. The van der Waals surface area contributed by atoms with Crippen LogP contribution in [0.3, 0.4) is 0 Å². The number of nitrogens with zero attached hydrogens (tertiary/aromatic N) is 1. The second-order valence-corrected chi connectivity index (χ2v) is 5.89. The summed E-state index contributed by atoms with van der Waals surface area (Å²) < 4.78 is 16.7. The Morgan fingerprint density at radius 3 is 3.08 bits per heavy atom.